The third kappa shape index (κ3) is 7.26. The summed E-state index contributed by atoms with van der Waals surface area (Å²) in [4.78, 5) is 12.5. The molecule has 0 bridgehead atoms. The van der Waals surface area contributed by atoms with Gasteiger partial charge in [-0.25, -0.2) is 4.79 Å². The second-order valence-electron chi connectivity index (χ2n) is 14.5. The fourth-order valence-electron chi connectivity index (χ4n) is 9.58. The van der Waals surface area contributed by atoms with Crippen molar-refractivity contribution in [2.24, 2.45) is 52.1 Å². The number of rotatable bonds is 14. The maximum atomic E-state index is 12.5. The first kappa shape index (κ1) is 31.8. The highest BCUT2D eigenvalue weighted by Gasteiger charge is 2.59. The highest BCUT2D eigenvalue weighted by molar-refractivity contribution is 5.67. The van der Waals surface area contributed by atoms with Gasteiger partial charge in [-0.1, -0.05) is 65.5 Å². The van der Waals surface area contributed by atoms with E-state index in [2.05, 4.69) is 46.0 Å². The van der Waals surface area contributed by atoms with E-state index in [1.54, 1.807) is 5.57 Å². The third-order valence-corrected chi connectivity index (χ3v) is 11.7. The van der Waals surface area contributed by atoms with E-state index in [1.165, 1.54) is 51.4 Å². The molecular weight excluding hydrogens is 500 g/mol. The molecule has 0 saturated heterocycles. The van der Waals surface area contributed by atoms with E-state index in [0.29, 0.717) is 44.9 Å². The van der Waals surface area contributed by atoms with E-state index >= 15 is 0 Å². The van der Waals surface area contributed by atoms with Gasteiger partial charge in [-0.3, -0.25) is 0 Å². The molecule has 4 aliphatic carbocycles. The van der Waals surface area contributed by atoms with Gasteiger partial charge in [0, 0.05) is 19.5 Å². The van der Waals surface area contributed by atoms with Gasteiger partial charge in [-0.05, 0) is 91.3 Å². The predicted molar refractivity (Wildman–Crippen MR) is 162 cm³/mol. The largest absolute Gasteiger partial charge is 0.446 e. The molecule has 0 heterocycles. The van der Waals surface area contributed by atoms with Crippen molar-refractivity contribution in [2.45, 2.75) is 111 Å². The van der Waals surface area contributed by atoms with Crippen LogP contribution < -0.4 is 11.1 Å². The van der Waals surface area contributed by atoms with Gasteiger partial charge in [0.25, 0.3) is 0 Å². The Hall–Kier alpha value is -1.11. The van der Waals surface area contributed by atoms with Crippen LogP contribution in [-0.4, -0.2) is 51.7 Å². The Morgan fingerprint density at radius 2 is 1.77 bits per heavy atom. The maximum Gasteiger partial charge on any atom is 0.407 e. The van der Waals surface area contributed by atoms with Crippen LogP contribution in [0.4, 0.5) is 4.79 Å². The summed E-state index contributed by atoms with van der Waals surface area (Å²) >= 11 is 0. The molecule has 4 rings (SSSR count). The van der Waals surface area contributed by atoms with Crippen molar-refractivity contribution < 1.29 is 19.0 Å². The van der Waals surface area contributed by atoms with Crippen molar-refractivity contribution >= 4 is 6.09 Å². The fraction of sp³-hybridized carbons (Fsp3) is 0.912. The standard InChI is InChI=1S/C34H60N2O4/c1-24(2)7-6-8-25(3)29-11-12-30-28-10-9-26-23-27(13-15-33(26,4)31(28)14-16-34(29,30)5)40-32(37)36-18-20-39-22-21-38-19-17-35/h9,24-25,27-31H,6-8,10-23,35H2,1-5H3,(H,36,37)/t25-,27?,28+,29-,30+,31+,33+,34-/m1/s1. The molecule has 0 aliphatic heterocycles. The summed E-state index contributed by atoms with van der Waals surface area (Å²) in [7, 11) is 0. The van der Waals surface area contributed by atoms with E-state index in [9.17, 15) is 4.79 Å². The Balaban J connectivity index is 1.26. The minimum atomic E-state index is -0.321. The third-order valence-electron chi connectivity index (χ3n) is 11.7. The topological polar surface area (TPSA) is 82.8 Å². The predicted octanol–water partition coefficient (Wildman–Crippen LogP) is 7.11. The van der Waals surface area contributed by atoms with Crippen LogP contribution in [0.2, 0.25) is 0 Å². The van der Waals surface area contributed by atoms with Gasteiger partial charge in [0.15, 0.2) is 0 Å². The lowest BCUT2D eigenvalue weighted by Gasteiger charge is -2.58. The van der Waals surface area contributed by atoms with Crippen molar-refractivity contribution in [3.8, 4) is 0 Å². The molecule has 6 heteroatoms. The number of alkyl carbamates (subject to hydrolysis) is 1. The Labute approximate surface area is 244 Å². The molecule has 3 saturated carbocycles. The number of hydrogen-bond donors (Lipinski definition) is 2. The van der Waals surface area contributed by atoms with E-state index in [1.807, 2.05) is 0 Å². The van der Waals surface area contributed by atoms with Crippen molar-refractivity contribution in [3.05, 3.63) is 11.6 Å². The summed E-state index contributed by atoms with van der Waals surface area (Å²) in [5.74, 6) is 5.10. The molecule has 1 amide bonds. The van der Waals surface area contributed by atoms with Gasteiger partial charge >= 0.3 is 6.09 Å². The van der Waals surface area contributed by atoms with Crippen LogP contribution in [0.5, 0.6) is 0 Å². The van der Waals surface area contributed by atoms with Crippen LogP contribution >= 0.6 is 0 Å². The monoisotopic (exact) mass is 560 g/mol. The van der Waals surface area contributed by atoms with E-state index in [-0.39, 0.29) is 17.6 Å². The summed E-state index contributed by atoms with van der Waals surface area (Å²) in [6, 6.07) is 0. The van der Waals surface area contributed by atoms with E-state index < -0.39 is 0 Å². The number of carbonyl (C=O) groups excluding carboxylic acids is 1. The molecule has 1 unspecified atom stereocenters. The molecule has 8 atom stereocenters. The fourth-order valence-corrected chi connectivity index (χ4v) is 9.58. The number of nitrogens with two attached hydrogens (primary N) is 1. The summed E-state index contributed by atoms with van der Waals surface area (Å²) in [6.45, 7) is 15.5. The van der Waals surface area contributed by atoms with Gasteiger partial charge < -0.3 is 25.3 Å². The molecule has 0 aromatic heterocycles. The number of hydrogen-bond acceptors (Lipinski definition) is 5. The van der Waals surface area contributed by atoms with Crippen LogP contribution in [0, 0.1) is 46.3 Å². The zero-order valence-electron chi connectivity index (χ0n) is 26.3. The molecule has 3 N–H and O–H groups in total. The van der Waals surface area contributed by atoms with E-state index in [4.69, 9.17) is 19.9 Å². The van der Waals surface area contributed by atoms with Crippen molar-refractivity contribution in [2.75, 3.05) is 39.5 Å². The molecule has 3 fully saturated rings. The average Bonchev–Trinajstić information content (AvgIpc) is 3.27. The van der Waals surface area contributed by atoms with Crippen molar-refractivity contribution in [1.29, 1.82) is 0 Å². The molecule has 6 nitrogen and oxygen atoms in total. The van der Waals surface area contributed by atoms with Gasteiger partial charge in [-0.15, -0.1) is 0 Å². The van der Waals surface area contributed by atoms with Crippen molar-refractivity contribution in [3.63, 3.8) is 0 Å². The number of nitrogens with one attached hydrogen (secondary N) is 1. The highest BCUT2D eigenvalue weighted by Crippen LogP contribution is 2.67. The molecule has 0 radical (unpaired) electrons. The van der Waals surface area contributed by atoms with Crippen molar-refractivity contribution in [1.82, 2.24) is 5.32 Å². The van der Waals surface area contributed by atoms with Crippen LogP contribution in [-0.2, 0) is 14.2 Å². The quantitative estimate of drug-likeness (QED) is 0.175. The van der Waals surface area contributed by atoms with Gasteiger partial charge in [0.1, 0.15) is 6.10 Å². The number of ether oxygens (including phenoxy) is 3. The number of allylic oxidation sites excluding steroid dienone is 1. The highest BCUT2D eigenvalue weighted by atomic mass is 16.6. The summed E-state index contributed by atoms with van der Waals surface area (Å²) in [5, 5.41) is 2.85. The Kier molecular flexibility index (Phi) is 11.4. The second kappa shape index (κ2) is 14.4. The zero-order chi connectivity index (χ0) is 28.8. The molecule has 230 valence electrons. The molecule has 0 aromatic carbocycles. The summed E-state index contributed by atoms with van der Waals surface area (Å²) < 4.78 is 16.6. The first-order chi connectivity index (χ1) is 19.2. The lowest BCUT2D eigenvalue weighted by atomic mass is 9.47. The Bertz CT molecular complexity index is 846. The molecule has 4 aliphatic rings. The average molecular weight is 561 g/mol. The Morgan fingerprint density at radius 3 is 2.52 bits per heavy atom. The lowest BCUT2D eigenvalue weighted by molar-refractivity contribution is -0.0581. The number of amides is 1. The van der Waals surface area contributed by atoms with Crippen LogP contribution in [0.25, 0.3) is 0 Å². The van der Waals surface area contributed by atoms with Crippen LogP contribution in [0.1, 0.15) is 105 Å². The summed E-state index contributed by atoms with van der Waals surface area (Å²) in [6.07, 6.45) is 16.3. The lowest BCUT2D eigenvalue weighted by Crippen LogP contribution is -2.51. The van der Waals surface area contributed by atoms with Gasteiger partial charge in [-0.2, -0.15) is 0 Å². The molecule has 0 aromatic rings. The minimum absolute atomic E-state index is 0.0159. The van der Waals surface area contributed by atoms with Gasteiger partial charge in [0.2, 0.25) is 0 Å². The SMILES string of the molecule is CC(C)CCC[C@@H](C)[C@H]1CC[C@H]2[C@@H]3CC=C4CC(OC(=O)NCCOCCOCCN)CC[C@]4(C)[C@H]3CC[C@]12C. The molecular formula is C34H60N2O4. The van der Waals surface area contributed by atoms with E-state index in [0.717, 1.165) is 54.8 Å². The first-order valence-electron chi connectivity index (χ1n) is 16.7. The van der Waals surface area contributed by atoms with Crippen LogP contribution in [0.15, 0.2) is 11.6 Å². The maximum absolute atomic E-state index is 12.5. The Morgan fingerprint density at radius 1 is 1.00 bits per heavy atom. The van der Waals surface area contributed by atoms with Gasteiger partial charge in [0.05, 0.1) is 26.4 Å². The van der Waals surface area contributed by atoms with Crippen LogP contribution in [0.3, 0.4) is 0 Å². The minimum Gasteiger partial charge on any atom is -0.446 e. The smallest absolute Gasteiger partial charge is 0.407 e. The molecule has 0 spiro atoms. The first-order valence-corrected chi connectivity index (χ1v) is 16.7. The second-order valence-corrected chi connectivity index (χ2v) is 14.5. The number of carbonyl (C=O) groups is 1. The number of fused-ring (bicyclic) bond motifs is 5. The molecule has 40 heavy (non-hydrogen) atoms. The summed E-state index contributed by atoms with van der Waals surface area (Å²) in [5.41, 5.74) is 7.77. The zero-order valence-corrected chi connectivity index (χ0v) is 26.3. The normalized spacial score (nSPS) is 35.9.